The summed E-state index contributed by atoms with van der Waals surface area (Å²) >= 11 is 0. The van der Waals surface area contributed by atoms with Crippen molar-refractivity contribution in [2.24, 2.45) is 11.8 Å². The van der Waals surface area contributed by atoms with Gasteiger partial charge in [0, 0.05) is 41.3 Å². The number of ketones is 1. The van der Waals surface area contributed by atoms with E-state index in [4.69, 9.17) is 14.2 Å². The molecule has 2 aromatic rings. The van der Waals surface area contributed by atoms with Crippen LogP contribution in [0.25, 0.3) is 0 Å². The van der Waals surface area contributed by atoms with E-state index < -0.39 is 5.79 Å². The number of aryl methyl sites for hydroxylation is 2. The van der Waals surface area contributed by atoms with E-state index in [1.807, 2.05) is 0 Å². The summed E-state index contributed by atoms with van der Waals surface area (Å²) in [7, 11) is 0. The van der Waals surface area contributed by atoms with Crippen LogP contribution in [-0.4, -0.2) is 48.4 Å². The normalized spacial score (nSPS) is 21.6. The average Bonchev–Trinajstić information content (AvgIpc) is 2.86. The van der Waals surface area contributed by atoms with E-state index in [2.05, 4.69) is 71.1 Å². The molecule has 0 unspecified atom stereocenters. The molecule has 1 N–H and O–H groups in total. The molecular weight excluding hydrogens is 502 g/mol. The Morgan fingerprint density at radius 1 is 0.875 bits per heavy atom. The van der Waals surface area contributed by atoms with Crippen molar-refractivity contribution in [1.82, 2.24) is 5.32 Å². The lowest BCUT2D eigenvalue weighted by atomic mass is 9.78. The third-order valence-corrected chi connectivity index (χ3v) is 8.12. The van der Waals surface area contributed by atoms with E-state index in [1.165, 1.54) is 11.1 Å². The smallest absolute Gasteiger partial charge is 0.338 e. The van der Waals surface area contributed by atoms with Gasteiger partial charge in [0.25, 0.3) is 0 Å². The second kappa shape index (κ2) is 12.5. The van der Waals surface area contributed by atoms with E-state index in [0.29, 0.717) is 24.3 Å². The monoisotopic (exact) mass is 549 g/mol. The number of Topliss-reactive ketones (excluding diaryl/α,β-unsaturated/α-hetero) is 1. The maximum Gasteiger partial charge on any atom is 0.338 e. The number of nitrogens with one attached hydrogen (secondary N) is 1. The molecule has 0 radical (unpaired) electrons. The Labute approximate surface area is 240 Å². The summed E-state index contributed by atoms with van der Waals surface area (Å²) in [5.74, 6) is -0.617. The molecule has 1 saturated carbocycles. The van der Waals surface area contributed by atoms with Crippen LogP contribution in [0.5, 0.6) is 0 Å². The fourth-order valence-electron chi connectivity index (χ4n) is 6.12. The van der Waals surface area contributed by atoms with Gasteiger partial charge in [0.1, 0.15) is 0 Å². The first-order chi connectivity index (χ1) is 18.9. The molecule has 2 aromatic carbocycles. The van der Waals surface area contributed by atoms with Gasteiger partial charge < -0.3 is 19.5 Å². The van der Waals surface area contributed by atoms with Crippen molar-refractivity contribution in [2.75, 3.05) is 19.8 Å². The van der Waals surface area contributed by atoms with Crippen molar-refractivity contribution in [3.8, 4) is 0 Å². The van der Waals surface area contributed by atoms with E-state index in [-0.39, 0.29) is 41.3 Å². The molecule has 2 aliphatic heterocycles. The number of carbonyl (C=O) groups is 2. The highest BCUT2D eigenvalue weighted by molar-refractivity contribution is 5.99. The Balaban J connectivity index is 0.000000350. The van der Waals surface area contributed by atoms with Gasteiger partial charge >= 0.3 is 5.97 Å². The summed E-state index contributed by atoms with van der Waals surface area (Å²) in [6.07, 6.45) is 5.77. The van der Waals surface area contributed by atoms with Gasteiger partial charge in [-0.05, 0) is 71.6 Å². The van der Waals surface area contributed by atoms with Gasteiger partial charge in [0.2, 0.25) is 0 Å². The first-order valence-corrected chi connectivity index (χ1v) is 14.8. The molecule has 0 amide bonds. The van der Waals surface area contributed by atoms with Crippen LogP contribution in [0.2, 0.25) is 0 Å². The number of ether oxygens (including phenoxy) is 3. The summed E-state index contributed by atoms with van der Waals surface area (Å²) in [5.41, 5.74) is 3.74. The predicted molar refractivity (Wildman–Crippen MR) is 158 cm³/mol. The third-order valence-electron chi connectivity index (χ3n) is 8.12. The summed E-state index contributed by atoms with van der Waals surface area (Å²) in [6.45, 7) is 14.2. The van der Waals surface area contributed by atoms with Crippen molar-refractivity contribution in [2.45, 2.75) is 96.9 Å². The average molecular weight is 550 g/mol. The van der Waals surface area contributed by atoms with E-state index in [1.54, 1.807) is 24.3 Å². The molecular formula is C34H47NO5. The van der Waals surface area contributed by atoms with E-state index in [9.17, 15) is 9.59 Å². The molecule has 6 nitrogen and oxygen atoms in total. The van der Waals surface area contributed by atoms with Crippen LogP contribution >= 0.6 is 0 Å². The summed E-state index contributed by atoms with van der Waals surface area (Å²) in [4.78, 5) is 24.7. The third kappa shape index (κ3) is 8.02. The SMILES string of the molecule is CC1(C)CC2(CC(C)(C)N1)OCC(COC(=O)c1ccc(C(=O)C3CCC3)cc1)CO2.CCc1ccc(C)cc1. The minimum Gasteiger partial charge on any atom is -0.462 e. The number of esters is 1. The van der Waals surface area contributed by atoms with Crippen LogP contribution < -0.4 is 5.32 Å². The molecule has 40 heavy (non-hydrogen) atoms. The molecule has 1 spiro atoms. The van der Waals surface area contributed by atoms with E-state index >= 15 is 0 Å². The van der Waals surface area contributed by atoms with Crippen LogP contribution in [0.3, 0.4) is 0 Å². The van der Waals surface area contributed by atoms with Gasteiger partial charge in [-0.1, -0.05) is 55.3 Å². The maximum absolute atomic E-state index is 12.4. The predicted octanol–water partition coefficient (Wildman–Crippen LogP) is 6.68. The number of hydrogen-bond donors (Lipinski definition) is 1. The summed E-state index contributed by atoms with van der Waals surface area (Å²) in [5, 5.41) is 3.65. The Kier molecular flexibility index (Phi) is 9.54. The minimum atomic E-state index is -0.582. The lowest BCUT2D eigenvalue weighted by Gasteiger charge is -2.54. The molecule has 2 heterocycles. The molecule has 3 aliphatic rings. The molecule has 2 saturated heterocycles. The zero-order valence-electron chi connectivity index (χ0n) is 25.2. The second-order valence-corrected chi connectivity index (χ2v) is 13.2. The molecule has 5 rings (SSSR count). The van der Waals surface area contributed by atoms with Gasteiger partial charge in [-0.25, -0.2) is 4.79 Å². The van der Waals surface area contributed by atoms with Crippen LogP contribution in [0.15, 0.2) is 48.5 Å². The molecule has 218 valence electrons. The highest BCUT2D eigenvalue weighted by Gasteiger charge is 2.50. The Hall–Kier alpha value is -2.54. The van der Waals surface area contributed by atoms with Crippen molar-refractivity contribution >= 4 is 11.8 Å². The van der Waals surface area contributed by atoms with Crippen molar-refractivity contribution < 1.29 is 23.8 Å². The van der Waals surface area contributed by atoms with Gasteiger partial charge in [-0.2, -0.15) is 0 Å². The number of carbonyl (C=O) groups excluding carboxylic acids is 2. The van der Waals surface area contributed by atoms with Crippen molar-refractivity contribution in [1.29, 1.82) is 0 Å². The number of rotatable bonds is 6. The fraction of sp³-hybridized carbons (Fsp3) is 0.588. The summed E-state index contributed by atoms with van der Waals surface area (Å²) in [6, 6.07) is 15.5. The lowest BCUT2D eigenvalue weighted by molar-refractivity contribution is -0.312. The minimum absolute atomic E-state index is 0.00940. The van der Waals surface area contributed by atoms with Gasteiger partial charge in [-0.15, -0.1) is 0 Å². The van der Waals surface area contributed by atoms with Crippen molar-refractivity contribution in [3.05, 3.63) is 70.8 Å². The Bertz CT molecular complexity index is 1120. The van der Waals surface area contributed by atoms with E-state index in [0.717, 1.165) is 38.5 Å². The molecule has 0 bridgehead atoms. The number of piperidine rings is 1. The van der Waals surface area contributed by atoms with Gasteiger partial charge in [0.15, 0.2) is 11.6 Å². The standard InChI is InChI=1S/C25H35NO5.C9H12/c1-23(2)15-25(16-24(3,4)26-23)30-13-17(14-31-25)12-29-22(28)20-10-8-19(9-11-20)21(27)18-6-5-7-18;1-3-9-6-4-8(2)5-7-9/h8-11,17-18,26H,5-7,12-16H2,1-4H3;4-7H,3H2,1-2H3. The lowest BCUT2D eigenvalue weighted by Crippen LogP contribution is -2.66. The zero-order valence-corrected chi connectivity index (χ0v) is 25.2. The zero-order chi connectivity index (χ0) is 29.0. The molecule has 0 aromatic heterocycles. The van der Waals surface area contributed by atoms with Crippen LogP contribution in [0.1, 0.15) is 98.6 Å². The number of hydrogen-bond acceptors (Lipinski definition) is 6. The highest BCUT2D eigenvalue weighted by atomic mass is 16.7. The first kappa shape index (κ1) is 30.4. The van der Waals surface area contributed by atoms with Crippen LogP contribution in [0.4, 0.5) is 0 Å². The highest BCUT2D eigenvalue weighted by Crippen LogP contribution is 2.41. The largest absolute Gasteiger partial charge is 0.462 e. The quantitative estimate of drug-likeness (QED) is 0.320. The van der Waals surface area contributed by atoms with Crippen LogP contribution in [0, 0.1) is 18.8 Å². The second-order valence-electron chi connectivity index (χ2n) is 13.2. The molecule has 0 atom stereocenters. The molecule has 3 fully saturated rings. The fourth-order valence-corrected chi connectivity index (χ4v) is 6.12. The first-order valence-electron chi connectivity index (χ1n) is 14.8. The Morgan fingerprint density at radius 3 is 1.93 bits per heavy atom. The van der Waals surface area contributed by atoms with Gasteiger partial charge in [-0.3, -0.25) is 4.79 Å². The van der Waals surface area contributed by atoms with Gasteiger partial charge in [0.05, 0.1) is 25.4 Å². The topological polar surface area (TPSA) is 73.9 Å². The number of benzene rings is 2. The molecule has 1 aliphatic carbocycles. The summed E-state index contributed by atoms with van der Waals surface area (Å²) < 4.78 is 17.9. The van der Waals surface area contributed by atoms with Crippen molar-refractivity contribution in [3.63, 3.8) is 0 Å². The molecule has 6 heteroatoms. The maximum atomic E-state index is 12.4. The Morgan fingerprint density at radius 2 is 1.43 bits per heavy atom. The van der Waals surface area contributed by atoms with Crippen LogP contribution in [-0.2, 0) is 20.6 Å².